The smallest absolute Gasteiger partial charge is 0.339 e. The van der Waals surface area contributed by atoms with Gasteiger partial charge < -0.3 is 9.47 Å². The lowest BCUT2D eigenvalue weighted by Gasteiger charge is -2.34. The Kier molecular flexibility index (Phi) is 5.79. The highest BCUT2D eigenvalue weighted by atomic mass is 19.4. The third-order valence-electron chi connectivity index (χ3n) is 6.17. The largest absolute Gasteiger partial charge is 0.416 e. The van der Waals surface area contributed by atoms with Crippen LogP contribution in [0, 0.1) is 6.92 Å². The fourth-order valence-electron chi connectivity index (χ4n) is 4.39. The summed E-state index contributed by atoms with van der Waals surface area (Å²) in [5.74, 6) is 1.00. The summed E-state index contributed by atoms with van der Waals surface area (Å²) in [4.78, 5) is 23.4. The summed E-state index contributed by atoms with van der Waals surface area (Å²) >= 11 is 0. The van der Waals surface area contributed by atoms with Gasteiger partial charge in [0.15, 0.2) is 5.82 Å². The Morgan fingerprint density at radius 1 is 1.28 bits per heavy atom. The topological polar surface area (TPSA) is 79.7 Å². The Bertz CT molecular complexity index is 1100. The summed E-state index contributed by atoms with van der Waals surface area (Å²) in [5.41, 5.74) is 0.902. The number of carbonyl (C=O) groups excluding carboxylic acids is 1. The van der Waals surface area contributed by atoms with Gasteiger partial charge in [0.1, 0.15) is 11.5 Å². The maximum atomic E-state index is 13.0. The van der Waals surface area contributed by atoms with Crippen LogP contribution in [-0.4, -0.2) is 48.6 Å². The lowest BCUT2D eigenvalue weighted by molar-refractivity contribution is -0.137. The highest BCUT2D eigenvalue weighted by Crippen LogP contribution is 2.35. The third kappa shape index (κ3) is 4.26. The molecule has 0 unspecified atom stereocenters. The Morgan fingerprint density at radius 3 is 2.75 bits per heavy atom. The number of rotatable bonds is 4. The van der Waals surface area contributed by atoms with E-state index in [4.69, 9.17) is 0 Å². The first kappa shape index (κ1) is 22.0. The van der Waals surface area contributed by atoms with Crippen molar-refractivity contribution in [3.8, 4) is 11.5 Å². The lowest BCUT2D eigenvalue weighted by Crippen LogP contribution is -2.40. The van der Waals surface area contributed by atoms with Crippen LogP contribution in [0.5, 0.6) is 0 Å². The van der Waals surface area contributed by atoms with Gasteiger partial charge in [0.25, 0.3) is 5.91 Å². The van der Waals surface area contributed by atoms with E-state index in [0.29, 0.717) is 12.2 Å². The van der Waals surface area contributed by atoms with Crippen molar-refractivity contribution >= 4 is 5.91 Å². The second kappa shape index (κ2) is 8.40. The predicted molar refractivity (Wildman–Crippen MR) is 112 cm³/mol. The molecule has 1 aliphatic carbocycles. The molecule has 2 aromatic heterocycles. The molecule has 1 amide bonds. The van der Waals surface area contributed by atoms with Crippen molar-refractivity contribution in [3.05, 3.63) is 53.2 Å². The number of carbonyl (C=O) groups is 1. The van der Waals surface area contributed by atoms with Gasteiger partial charge in [-0.3, -0.25) is 9.89 Å². The highest BCUT2D eigenvalue weighted by molar-refractivity contribution is 5.94. The van der Waals surface area contributed by atoms with Crippen molar-refractivity contribution in [2.24, 2.45) is 7.05 Å². The summed E-state index contributed by atoms with van der Waals surface area (Å²) in [6, 6.07) is 4.48. The van der Waals surface area contributed by atoms with Crippen molar-refractivity contribution in [2.75, 3.05) is 7.05 Å². The Hall–Kier alpha value is -3.17. The molecule has 0 aliphatic heterocycles. The first-order valence-corrected chi connectivity index (χ1v) is 10.5. The minimum atomic E-state index is -4.49. The molecule has 4 rings (SSSR count). The molecule has 1 saturated carbocycles. The van der Waals surface area contributed by atoms with Crippen molar-refractivity contribution in [2.45, 2.75) is 50.7 Å². The van der Waals surface area contributed by atoms with E-state index in [-0.39, 0.29) is 17.5 Å². The van der Waals surface area contributed by atoms with E-state index in [2.05, 4.69) is 20.2 Å². The number of aryl methyl sites for hydroxylation is 2. The molecule has 0 spiro atoms. The van der Waals surface area contributed by atoms with Gasteiger partial charge in [-0.05, 0) is 44.4 Å². The van der Waals surface area contributed by atoms with E-state index in [1.165, 1.54) is 12.1 Å². The molecule has 0 saturated heterocycles. The SMILES string of the molecule is Cc1ncn(C)c1-c1n[nH]c([C@H]2CCC[C@@H](N(C)C(=O)c3cccc(C(F)(F)F)c3)C2)n1. The summed E-state index contributed by atoms with van der Waals surface area (Å²) in [5, 5.41) is 7.39. The van der Waals surface area contributed by atoms with Crippen LogP contribution >= 0.6 is 0 Å². The molecule has 1 aliphatic rings. The van der Waals surface area contributed by atoms with Gasteiger partial charge in [0, 0.05) is 31.6 Å². The molecule has 2 atom stereocenters. The van der Waals surface area contributed by atoms with E-state index in [0.717, 1.165) is 48.6 Å². The number of halogens is 3. The van der Waals surface area contributed by atoms with Crippen molar-refractivity contribution < 1.29 is 18.0 Å². The third-order valence-corrected chi connectivity index (χ3v) is 6.17. The quantitative estimate of drug-likeness (QED) is 0.647. The van der Waals surface area contributed by atoms with Gasteiger partial charge in [-0.15, -0.1) is 0 Å². The fraction of sp³-hybridized carbons (Fsp3) is 0.455. The molecular weight excluding hydrogens is 421 g/mol. The minimum absolute atomic E-state index is 0.0399. The zero-order chi connectivity index (χ0) is 23.0. The number of nitrogens with zero attached hydrogens (tertiary/aromatic N) is 5. The van der Waals surface area contributed by atoms with Crippen molar-refractivity contribution in [1.82, 2.24) is 29.6 Å². The molecule has 1 fully saturated rings. The average molecular weight is 446 g/mol. The van der Waals surface area contributed by atoms with Crippen LogP contribution in [0.4, 0.5) is 13.2 Å². The van der Waals surface area contributed by atoms with Gasteiger partial charge in [0.05, 0.1) is 17.6 Å². The molecule has 32 heavy (non-hydrogen) atoms. The highest BCUT2D eigenvalue weighted by Gasteiger charge is 2.33. The van der Waals surface area contributed by atoms with E-state index < -0.39 is 17.6 Å². The average Bonchev–Trinajstić information content (AvgIpc) is 3.38. The summed E-state index contributed by atoms with van der Waals surface area (Å²) < 4.78 is 41.0. The number of amides is 1. The van der Waals surface area contributed by atoms with Gasteiger partial charge >= 0.3 is 6.18 Å². The van der Waals surface area contributed by atoms with Gasteiger partial charge in [0.2, 0.25) is 0 Å². The number of benzene rings is 1. The Labute approximate surface area is 183 Å². The molecule has 0 bridgehead atoms. The first-order chi connectivity index (χ1) is 15.1. The Balaban J connectivity index is 1.49. The molecule has 1 aromatic carbocycles. The summed E-state index contributed by atoms with van der Waals surface area (Å²) in [6.07, 6.45) is 0.476. The molecule has 1 N–H and O–H groups in total. The number of H-pyrrole nitrogens is 1. The molecule has 3 aromatic rings. The maximum absolute atomic E-state index is 13.0. The second-order valence-electron chi connectivity index (χ2n) is 8.35. The molecule has 0 radical (unpaired) electrons. The normalized spacial score (nSPS) is 19.2. The number of nitrogens with one attached hydrogen (secondary N) is 1. The van der Waals surface area contributed by atoms with E-state index in [9.17, 15) is 18.0 Å². The van der Waals surface area contributed by atoms with E-state index in [1.807, 2.05) is 18.5 Å². The molecule has 2 heterocycles. The molecular formula is C22H25F3N6O. The number of alkyl halides is 3. The van der Waals surface area contributed by atoms with Crippen LogP contribution in [0.2, 0.25) is 0 Å². The standard InChI is InChI=1S/C22H25F3N6O/c1-13-18(30(2)12-26-13)20-27-19(28-29-20)14-6-5-9-17(11-14)31(3)21(32)15-7-4-8-16(10-15)22(23,24)25/h4,7-8,10,12,14,17H,5-6,9,11H2,1-3H3,(H,27,28,29)/t14-,17+/m0/s1. The number of aromatic nitrogens is 5. The Morgan fingerprint density at radius 2 is 2.06 bits per heavy atom. The first-order valence-electron chi connectivity index (χ1n) is 10.5. The number of hydrogen-bond donors (Lipinski definition) is 1. The summed E-state index contributed by atoms with van der Waals surface area (Å²) in [7, 11) is 3.54. The van der Waals surface area contributed by atoms with Gasteiger partial charge in [-0.25, -0.2) is 9.97 Å². The van der Waals surface area contributed by atoms with Crippen molar-refractivity contribution in [1.29, 1.82) is 0 Å². The van der Waals surface area contributed by atoms with Crippen LogP contribution in [0.1, 0.15) is 59.0 Å². The summed E-state index contributed by atoms with van der Waals surface area (Å²) in [6.45, 7) is 1.90. The van der Waals surface area contributed by atoms with E-state index >= 15 is 0 Å². The van der Waals surface area contributed by atoms with Crippen LogP contribution < -0.4 is 0 Å². The second-order valence-corrected chi connectivity index (χ2v) is 8.35. The monoisotopic (exact) mass is 446 g/mol. The van der Waals surface area contributed by atoms with Gasteiger partial charge in [-0.1, -0.05) is 12.5 Å². The lowest BCUT2D eigenvalue weighted by atomic mass is 9.84. The van der Waals surface area contributed by atoms with Crippen molar-refractivity contribution in [3.63, 3.8) is 0 Å². The fourth-order valence-corrected chi connectivity index (χ4v) is 4.39. The van der Waals surface area contributed by atoms with Crippen LogP contribution in [0.3, 0.4) is 0 Å². The van der Waals surface area contributed by atoms with E-state index in [1.54, 1.807) is 18.3 Å². The minimum Gasteiger partial charge on any atom is -0.339 e. The number of aromatic amines is 1. The number of imidazole rings is 1. The van der Waals surface area contributed by atoms with Crippen LogP contribution in [0.15, 0.2) is 30.6 Å². The number of hydrogen-bond acceptors (Lipinski definition) is 4. The zero-order valence-electron chi connectivity index (χ0n) is 18.1. The maximum Gasteiger partial charge on any atom is 0.416 e. The molecule has 170 valence electrons. The molecule has 7 nitrogen and oxygen atoms in total. The van der Waals surface area contributed by atoms with Crippen LogP contribution in [-0.2, 0) is 13.2 Å². The predicted octanol–water partition coefficient (Wildman–Crippen LogP) is 4.33. The van der Waals surface area contributed by atoms with Gasteiger partial charge in [-0.2, -0.15) is 18.3 Å². The zero-order valence-corrected chi connectivity index (χ0v) is 18.1. The molecule has 10 heteroatoms. The van der Waals surface area contributed by atoms with Crippen LogP contribution in [0.25, 0.3) is 11.5 Å².